The van der Waals surface area contributed by atoms with E-state index in [0.717, 1.165) is 0 Å². The average molecular weight is 146 g/mol. The molecule has 8 heavy (non-hydrogen) atoms. The minimum atomic E-state index is -1.25. The third-order valence-corrected chi connectivity index (χ3v) is 1.80. The molecule has 0 bridgehead atoms. The summed E-state index contributed by atoms with van der Waals surface area (Å²) in [6.07, 6.45) is 4.58. The maximum absolute atomic E-state index is 10.4. The molecule has 0 aromatic carbocycles. The van der Waals surface area contributed by atoms with Crippen LogP contribution in [0.25, 0.3) is 0 Å². The minimum absolute atomic E-state index is 1.25. The van der Waals surface area contributed by atoms with Gasteiger partial charge in [0.1, 0.15) is 0 Å². The summed E-state index contributed by atoms with van der Waals surface area (Å²) in [6.45, 7) is 0. The Morgan fingerprint density at radius 2 is 2.50 bits per heavy atom. The Kier molecular flexibility index (Phi) is 1.65. The number of hydrogen-bond acceptors (Lipinski definition) is 2. The van der Waals surface area contributed by atoms with Crippen molar-refractivity contribution < 1.29 is 4.21 Å². The predicted molar refractivity (Wildman–Crippen MR) is 32.7 cm³/mol. The van der Waals surface area contributed by atoms with Gasteiger partial charge in [0.15, 0.2) is 0 Å². The normalized spacial score (nSPS) is 8.88. The van der Waals surface area contributed by atoms with Crippen LogP contribution < -0.4 is 0 Å². The summed E-state index contributed by atoms with van der Waals surface area (Å²) < 4.78 is 11.8. The Hall–Kier alpha value is -0.340. The number of imidazole rings is 1. The van der Waals surface area contributed by atoms with E-state index < -0.39 is 9.96 Å². The molecule has 0 aliphatic rings. The molecule has 0 aliphatic heterocycles. The van der Waals surface area contributed by atoms with Crippen LogP contribution in [-0.2, 0) is 9.96 Å². The molecule has 0 radical (unpaired) electrons. The third-order valence-electron chi connectivity index (χ3n) is 0.660. The molecule has 0 fully saturated rings. The summed E-state index contributed by atoms with van der Waals surface area (Å²) in [5.41, 5.74) is 0. The summed E-state index contributed by atoms with van der Waals surface area (Å²) >= 11 is 0. The monoisotopic (exact) mass is 146 g/mol. The second-order valence-electron chi connectivity index (χ2n) is 1.15. The van der Waals surface area contributed by atoms with Gasteiger partial charge < -0.3 is 0 Å². The Balaban J connectivity index is 3.17. The van der Waals surface area contributed by atoms with Gasteiger partial charge in [-0.3, -0.25) is 0 Å². The van der Waals surface area contributed by atoms with Crippen molar-refractivity contribution in [3.63, 3.8) is 0 Å². The van der Waals surface area contributed by atoms with Crippen LogP contribution in [0.3, 0.4) is 0 Å². The van der Waals surface area contributed by atoms with E-state index in [0.29, 0.717) is 0 Å². The molecule has 1 heterocycles. The van der Waals surface area contributed by atoms with Crippen molar-refractivity contribution in [2.75, 3.05) is 0 Å². The fourth-order valence-electron chi connectivity index (χ4n) is 0.339. The molecule has 0 spiro atoms. The van der Waals surface area contributed by atoms with Gasteiger partial charge in [-0.15, -0.1) is 0 Å². The Bertz CT molecular complexity index is 273. The van der Waals surface area contributed by atoms with Crippen molar-refractivity contribution in [2.24, 2.45) is 0 Å². The molecule has 0 atom stereocenters. The molecule has 1 aromatic rings. The molecule has 0 saturated heterocycles. The van der Waals surface area contributed by atoms with Gasteiger partial charge in [0.05, 0.1) is 0 Å². The molecule has 1 aromatic heterocycles. The summed E-state index contributed by atoms with van der Waals surface area (Å²) in [7, 11) is 2.40. The van der Waals surface area contributed by atoms with E-state index in [4.69, 9.17) is 0 Å². The van der Waals surface area contributed by atoms with Crippen LogP contribution in [0.15, 0.2) is 18.7 Å². The van der Waals surface area contributed by atoms with Crippen molar-refractivity contribution in [3.8, 4) is 0 Å². The van der Waals surface area contributed by atoms with E-state index in [-0.39, 0.29) is 0 Å². The molecule has 42 valence electrons. The van der Waals surface area contributed by atoms with Gasteiger partial charge in [0, 0.05) is 0 Å². The van der Waals surface area contributed by atoms with E-state index in [9.17, 15) is 4.21 Å². The van der Waals surface area contributed by atoms with E-state index in [2.05, 4.69) is 12.8 Å². The zero-order valence-corrected chi connectivity index (χ0v) is 5.60. The molecule has 0 saturated carbocycles. The molecule has 1 rings (SSSR count). The fraction of sp³-hybridized carbons (Fsp3) is 0. The molecule has 0 N–H and O–H groups in total. The van der Waals surface area contributed by atoms with Crippen LogP contribution in [0.1, 0.15) is 0 Å². The van der Waals surface area contributed by atoms with Gasteiger partial charge in [-0.25, -0.2) is 0 Å². The predicted octanol–water partition coefficient (Wildman–Crippen LogP) is 0.720. The van der Waals surface area contributed by atoms with Crippen LogP contribution in [-0.4, -0.2) is 13.2 Å². The van der Waals surface area contributed by atoms with Gasteiger partial charge in [-0.2, -0.15) is 0 Å². The first-order valence-electron chi connectivity index (χ1n) is 1.90. The standard InChI is InChI=1S/C3H3N2OPS/c6-8(7)5-2-1-4-3-5/h1-3H. The first-order chi connectivity index (χ1) is 3.80. The topological polar surface area (TPSA) is 34.9 Å². The molecule has 0 unspecified atom stereocenters. The van der Waals surface area contributed by atoms with E-state index in [1.165, 1.54) is 10.3 Å². The zero-order chi connectivity index (χ0) is 5.98. The maximum atomic E-state index is 10.4. The molecular formula is C3H3N2OPS. The second kappa shape index (κ2) is 2.29. The zero-order valence-electron chi connectivity index (χ0n) is 3.89. The number of aromatic nitrogens is 2. The second-order valence-corrected chi connectivity index (χ2v) is 2.97. The van der Waals surface area contributed by atoms with Crippen molar-refractivity contribution in [2.45, 2.75) is 0 Å². The summed E-state index contributed by atoms with van der Waals surface area (Å²) in [5, 5.41) is 0. The summed E-state index contributed by atoms with van der Waals surface area (Å²) in [5.74, 6) is 0. The van der Waals surface area contributed by atoms with E-state index in [1.807, 2.05) is 0 Å². The molecule has 0 amide bonds. The van der Waals surface area contributed by atoms with Crippen molar-refractivity contribution in [1.82, 2.24) is 8.96 Å². The van der Waals surface area contributed by atoms with Crippen LogP contribution in [0.2, 0.25) is 0 Å². The summed E-state index contributed by atoms with van der Waals surface area (Å²) in [6, 6.07) is 0. The number of hydrogen-bond donors (Lipinski definition) is 0. The first kappa shape index (κ1) is 5.79. The Morgan fingerprint density at radius 3 is 2.75 bits per heavy atom. The van der Waals surface area contributed by atoms with Gasteiger partial charge >= 0.3 is 49.7 Å². The van der Waals surface area contributed by atoms with Crippen molar-refractivity contribution in [1.29, 1.82) is 0 Å². The first-order valence-corrected chi connectivity index (χ1v) is 4.06. The number of nitrogens with zero attached hydrogens (tertiary/aromatic N) is 2. The van der Waals surface area contributed by atoms with Gasteiger partial charge in [-0.05, 0) is 0 Å². The van der Waals surface area contributed by atoms with Crippen LogP contribution >= 0.6 is 7.81 Å². The number of rotatable bonds is 0. The van der Waals surface area contributed by atoms with Crippen LogP contribution in [0.5, 0.6) is 0 Å². The van der Waals surface area contributed by atoms with Crippen molar-refractivity contribution in [3.05, 3.63) is 18.7 Å². The molecule has 5 heteroatoms. The van der Waals surface area contributed by atoms with Gasteiger partial charge in [0.25, 0.3) is 0 Å². The summed E-state index contributed by atoms with van der Waals surface area (Å²) in [4.78, 5) is 3.66. The molecule has 3 nitrogen and oxygen atoms in total. The average Bonchev–Trinajstić information content (AvgIpc) is 2.12. The molecule has 0 aliphatic carbocycles. The van der Waals surface area contributed by atoms with E-state index >= 15 is 0 Å². The van der Waals surface area contributed by atoms with Gasteiger partial charge in [0.2, 0.25) is 0 Å². The van der Waals surface area contributed by atoms with Crippen LogP contribution in [0, 0.1) is 0 Å². The van der Waals surface area contributed by atoms with Crippen molar-refractivity contribution >= 4 is 17.8 Å². The fourth-order valence-corrected chi connectivity index (χ4v) is 0.923. The Labute approximate surface area is 50.4 Å². The quantitative estimate of drug-likeness (QED) is 0.505. The molecular weight excluding hydrogens is 143 g/mol. The SMILES string of the molecule is O=S(#P)n1ccnc1. The van der Waals surface area contributed by atoms with Crippen LogP contribution in [0.4, 0.5) is 0 Å². The third kappa shape index (κ3) is 1.08. The Morgan fingerprint density at radius 1 is 1.75 bits per heavy atom. The van der Waals surface area contributed by atoms with Gasteiger partial charge in [-0.1, -0.05) is 0 Å². The van der Waals surface area contributed by atoms with E-state index in [1.54, 1.807) is 12.4 Å².